The van der Waals surface area contributed by atoms with E-state index in [1.165, 1.54) is 7.11 Å². The van der Waals surface area contributed by atoms with Crippen molar-refractivity contribution in [3.63, 3.8) is 0 Å². The Balaban J connectivity index is 0.00000141. The molecule has 1 atom stereocenters. The number of aromatic nitrogens is 2. The summed E-state index contributed by atoms with van der Waals surface area (Å²) < 4.78 is 46.0. The second kappa shape index (κ2) is 10.8. The number of carbonyl (C=O) groups excluding carboxylic acids is 2. The maximum Gasteiger partial charge on any atom is 0.408 e. The zero-order valence-electron chi connectivity index (χ0n) is 18.1. The van der Waals surface area contributed by atoms with Crippen molar-refractivity contribution in [1.29, 1.82) is 0 Å². The summed E-state index contributed by atoms with van der Waals surface area (Å²) in [6.45, 7) is 10.1. The van der Waals surface area contributed by atoms with E-state index < -0.39 is 12.2 Å². The van der Waals surface area contributed by atoms with Crippen LogP contribution in [0.15, 0.2) is 18.2 Å². The first-order valence-corrected chi connectivity index (χ1v) is 9.65. The lowest BCUT2D eigenvalue weighted by molar-refractivity contribution is -0.191. The second-order valence-electron chi connectivity index (χ2n) is 6.94. The first-order chi connectivity index (χ1) is 14.0. The van der Waals surface area contributed by atoms with Crippen LogP contribution in [0.4, 0.5) is 18.9 Å². The topological polar surface area (TPSA) is 73.2 Å². The van der Waals surface area contributed by atoms with Gasteiger partial charge in [0.1, 0.15) is 11.8 Å². The van der Waals surface area contributed by atoms with Gasteiger partial charge in [-0.25, -0.2) is 0 Å². The van der Waals surface area contributed by atoms with E-state index in [0.717, 1.165) is 35.9 Å². The van der Waals surface area contributed by atoms with E-state index in [1.54, 1.807) is 18.2 Å². The number of halogens is 3. The van der Waals surface area contributed by atoms with Crippen molar-refractivity contribution in [2.75, 3.05) is 12.4 Å². The van der Waals surface area contributed by atoms with Gasteiger partial charge in [-0.05, 0) is 38.3 Å². The van der Waals surface area contributed by atoms with Gasteiger partial charge in [-0.3, -0.25) is 4.68 Å². The molecule has 9 heteroatoms. The number of methoxy groups -OCH3 is 1. The fourth-order valence-corrected chi connectivity index (χ4v) is 3.21. The number of nitrogens with one attached hydrogen (secondary N) is 1. The van der Waals surface area contributed by atoms with Crippen molar-refractivity contribution in [2.24, 2.45) is 0 Å². The molecule has 0 radical (unpaired) electrons. The largest absolute Gasteiger partial charge is 0.496 e. The fraction of sp³-hybridized carbons (Fsp3) is 0.524. The Morgan fingerprint density at radius 3 is 2.23 bits per heavy atom. The van der Waals surface area contributed by atoms with Gasteiger partial charge in [0.15, 0.2) is 0 Å². The fourth-order valence-electron chi connectivity index (χ4n) is 3.21. The summed E-state index contributed by atoms with van der Waals surface area (Å²) in [5, 5.41) is 7.21. The number of hydrogen-bond acceptors (Lipinski definition) is 5. The lowest BCUT2D eigenvalue weighted by Crippen LogP contribution is -2.33. The summed E-state index contributed by atoms with van der Waals surface area (Å²) in [5.41, 5.74) is 4.36. The van der Waals surface area contributed by atoms with E-state index in [1.807, 2.05) is 11.6 Å². The molecule has 1 aromatic carbocycles. The number of hydrogen-bond donors (Lipinski definition) is 1. The minimum absolute atomic E-state index is 0.250. The van der Waals surface area contributed by atoms with Gasteiger partial charge in [-0.15, -0.1) is 0 Å². The summed E-state index contributed by atoms with van der Waals surface area (Å²) in [6, 6.07) is 3.43. The summed E-state index contributed by atoms with van der Waals surface area (Å²) in [6.07, 6.45) is -3.24. The Morgan fingerprint density at radius 1 is 1.20 bits per heavy atom. The summed E-state index contributed by atoms with van der Waals surface area (Å²) in [7, 11) is 1.53. The number of alkyl halides is 3. The highest BCUT2D eigenvalue weighted by molar-refractivity contribution is 5.74. The molecule has 0 amide bonds. The molecule has 0 aliphatic heterocycles. The van der Waals surface area contributed by atoms with Crippen LogP contribution in [0.5, 0.6) is 5.75 Å². The summed E-state index contributed by atoms with van der Waals surface area (Å²) >= 11 is 0. The molecular formula is C21H28F3N3O3. The molecular weight excluding hydrogens is 399 g/mol. The molecule has 1 heterocycles. The molecule has 0 aliphatic carbocycles. The molecule has 1 aromatic heterocycles. The van der Waals surface area contributed by atoms with Crippen molar-refractivity contribution in [3.8, 4) is 17.0 Å². The van der Waals surface area contributed by atoms with E-state index in [9.17, 15) is 13.2 Å². The first kappa shape index (κ1) is 25.2. The van der Waals surface area contributed by atoms with E-state index in [0.29, 0.717) is 18.0 Å². The highest BCUT2D eigenvalue weighted by Gasteiger charge is 2.36. The van der Waals surface area contributed by atoms with E-state index in [4.69, 9.17) is 19.4 Å². The lowest BCUT2D eigenvalue weighted by atomic mass is 9.95. The van der Waals surface area contributed by atoms with Crippen molar-refractivity contribution in [3.05, 3.63) is 29.5 Å². The molecule has 30 heavy (non-hydrogen) atoms. The Hall–Kier alpha value is -2.80. The van der Waals surface area contributed by atoms with Gasteiger partial charge < -0.3 is 10.1 Å². The average Bonchev–Trinajstić information content (AvgIpc) is 3.06. The van der Waals surface area contributed by atoms with Crippen LogP contribution in [0, 0.1) is 0 Å². The van der Waals surface area contributed by atoms with Crippen LogP contribution in [-0.4, -0.2) is 35.3 Å². The van der Waals surface area contributed by atoms with Crippen LogP contribution in [0.25, 0.3) is 11.3 Å². The van der Waals surface area contributed by atoms with Crippen molar-refractivity contribution < 1.29 is 27.5 Å². The molecule has 6 nitrogen and oxygen atoms in total. The third-order valence-electron chi connectivity index (χ3n) is 4.61. The van der Waals surface area contributed by atoms with Crippen LogP contribution >= 0.6 is 0 Å². The van der Waals surface area contributed by atoms with Gasteiger partial charge in [0.05, 0.1) is 18.5 Å². The predicted octanol–water partition coefficient (Wildman–Crippen LogP) is 5.04. The highest BCUT2D eigenvalue weighted by Crippen LogP contribution is 2.39. The average molecular weight is 427 g/mol. The van der Waals surface area contributed by atoms with E-state index >= 15 is 0 Å². The quantitative estimate of drug-likeness (QED) is 0.670. The Kier molecular flexibility index (Phi) is 9.11. The molecule has 0 fully saturated rings. The van der Waals surface area contributed by atoms with Gasteiger partial charge in [-0.1, -0.05) is 20.8 Å². The third kappa shape index (κ3) is 5.86. The second-order valence-corrected chi connectivity index (χ2v) is 6.94. The number of anilines is 1. The zero-order chi connectivity index (χ0) is 23.1. The van der Waals surface area contributed by atoms with Gasteiger partial charge in [0.2, 0.25) is 0 Å². The summed E-state index contributed by atoms with van der Waals surface area (Å²) in [4.78, 5) is 16.2. The number of nitrogens with zero attached hydrogens (tertiary/aromatic N) is 2. The normalized spacial score (nSPS) is 12.1. The first-order valence-electron chi connectivity index (χ1n) is 9.65. The number of rotatable bonds is 7. The van der Waals surface area contributed by atoms with Crippen LogP contribution in [0.1, 0.15) is 51.8 Å². The van der Waals surface area contributed by atoms with Crippen molar-refractivity contribution >= 4 is 11.8 Å². The van der Waals surface area contributed by atoms with Crippen molar-refractivity contribution in [2.45, 2.75) is 65.7 Å². The van der Waals surface area contributed by atoms with Crippen LogP contribution < -0.4 is 10.1 Å². The SMILES string of the molecule is CCc1nn(CC)c(-c2ccc(N[C@H](C)C(F)(F)F)cc2OC)c1C(C)C.O=C=O. The molecule has 0 saturated carbocycles. The lowest BCUT2D eigenvalue weighted by Gasteiger charge is -2.20. The Morgan fingerprint density at radius 2 is 1.80 bits per heavy atom. The minimum atomic E-state index is -4.31. The van der Waals surface area contributed by atoms with E-state index in [-0.39, 0.29) is 12.1 Å². The highest BCUT2D eigenvalue weighted by atomic mass is 19.4. The minimum Gasteiger partial charge on any atom is -0.496 e. The zero-order valence-corrected chi connectivity index (χ0v) is 18.1. The Labute approximate surface area is 174 Å². The molecule has 1 N–H and O–H groups in total. The Bertz CT molecular complexity index is 870. The molecule has 0 bridgehead atoms. The predicted molar refractivity (Wildman–Crippen MR) is 108 cm³/mol. The number of benzene rings is 1. The molecule has 166 valence electrons. The van der Waals surface area contributed by atoms with Crippen LogP contribution in [-0.2, 0) is 22.6 Å². The molecule has 2 aromatic rings. The molecule has 0 spiro atoms. The smallest absolute Gasteiger partial charge is 0.408 e. The number of aryl methyl sites for hydroxylation is 2. The van der Waals surface area contributed by atoms with Crippen LogP contribution in [0.2, 0.25) is 0 Å². The van der Waals surface area contributed by atoms with Gasteiger partial charge in [-0.2, -0.15) is 27.9 Å². The maximum atomic E-state index is 12.8. The monoisotopic (exact) mass is 427 g/mol. The third-order valence-corrected chi connectivity index (χ3v) is 4.61. The summed E-state index contributed by atoms with van der Waals surface area (Å²) in [5.74, 6) is 0.788. The number of ether oxygens (including phenoxy) is 1. The molecule has 2 rings (SSSR count). The van der Waals surface area contributed by atoms with Crippen molar-refractivity contribution in [1.82, 2.24) is 9.78 Å². The van der Waals surface area contributed by atoms with Crippen LogP contribution in [0.3, 0.4) is 0 Å². The maximum absolute atomic E-state index is 12.8. The van der Waals surface area contributed by atoms with Gasteiger partial charge in [0.25, 0.3) is 0 Å². The molecule has 0 saturated heterocycles. The molecule has 0 unspecified atom stereocenters. The van der Waals surface area contributed by atoms with Gasteiger partial charge >= 0.3 is 12.3 Å². The molecule has 0 aliphatic rings. The van der Waals surface area contributed by atoms with E-state index in [2.05, 4.69) is 26.1 Å². The standard InChI is InChI=1S/C20H28F3N3O.CO2/c1-7-16-18(12(3)4)19(26(8-2)25-16)15-10-9-14(11-17(15)27-6)24-13(5)20(21,22)23;2-1-3/h9-13,24H,7-8H2,1-6H3;/t13-;/m1./s1. The van der Waals surface area contributed by atoms with Gasteiger partial charge in [0, 0.05) is 29.4 Å².